The minimum Gasteiger partial charge on any atom is -0.496 e. The third-order valence-corrected chi connectivity index (χ3v) is 4.13. The molecule has 0 aliphatic heterocycles. The van der Waals surface area contributed by atoms with E-state index >= 15 is 0 Å². The van der Waals surface area contributed by atoms with Crippen LogP contribution in [0.5, 0.6) is 5.75 Å². The molecular formula is C16H16N4O3S. The van der Waals surface area contributed by atoms with Crippen molar-refractivity contribution >= 4 is 28.9 Å². The Balaban J connectivity index is 1.70. The van der Waals surface area contributed by atoms with Gasteiger partial charge in [0.1, 0.15) is 5.75 Å². The lowest BCUT2D eigenvalue weighted by Crippen LogP contribution is -2.09. The fourth-order valence-electron chi connectivity index (χ4n) is 1.95. The van der Waals surface area contributed by atoms with Gasteiger partial charge in [-0.1, -0.05) is 5.10 Å². The third-order valence-electron chi connectivity index (χ3n) is 3.22. The van der Waals surface area contributed by atoms with Crippen molar-refractivity contribution in [3.05, 3.63) is 40.6 Å². The molecule has 1 amide bonds. The number of rotatable bonds is 5. The number of aromatic nitrogens is 2. The first-order chi connectivity index (χ1) is 11.6. The Kier molecular flexibility index (Phi) is 4.48. The number of amides is 1. The van der Waals surface area contributed by atoms with Gasteiger partial charge in [-0.25, -0.2) is 0 Å². The number of methoxy groups -OCH3 is 1. The summed E-state index contributed by atoms with van der Waals surface area (Å²) in [5, 5.41) is 12.6. The Morgan fingerprint density at radius 2 is 2.00 bits per heavy atom. The zero-order valence-corrected chi connectivity index (χ0v) is 14.3. The second kappa shape index (κ2) is 6.71. The van der Waals surface area contributed by atoms with E-state index in [1.165, 1.54) is 11.3 Å². The lowest BCUT2D eigenvalue weighted by atomic mass is 10.2. The number of nitrogens with zero attached hydrogens (tertiary/aromatic N) is 3. The maximum absolute atomic E-state index is 12.2. The fraction of sp³-hybridized carbons (Fsp3) is 0.188. The van der Waals surface area contributed by atoms with Crippen LogP contribution in [-0.2, 0) is 0 Å². The molecule has 0 unspecified atom stereocenters. The van der Waals surface area contributed by atoms with E-state index in [-0.39, 0.29) is 5.91 Å². The third kappa shape index (κ3) is 3.38. The molecule has 0 aliphatic rings. The highest BCUT2D eigenvalue weighted by Gasteiger charge is 2.12. The van der Waals surface area contributed by atoms with Crippen molar-refractivity contribution in [1.82, 2.24) is 10.2 Å². The predicted molar refractivity (Wildman–Crippen MR) is 92.9 cm³/mol. The van der Waals surface area contributed by atoms with Gasteiger partial charge in [-0.15, -0.1) is 16.4 Å². The zero-order valence-electron chi connectivity index (χ0n) is 13.4. The Morgan fingerprint density at radius 1 is 1.25 bits per heavy atom. The van der Waals surface area contributed by atoms with Crippen molar-refractivity contribution in [2.45, 2.75) is 0 Å². The van der Waals surface area contributed by atoms with Crippen LogP contribution in [0.1, 0.15) is 9.67 Å². The number of anilines is 2. The first-order valence-corrected chi connectivity index (χ1v) is 8.00. The van der Waals surface area contributed by atoms with Crippen LogP contribution in [0, 0.1) is 0 Å². The molecule has 124 valence electrons. The molecule has 0 fully saturated rings. The van der Waals surface area contributed by atoms with Gasteiger partial charge in [0.15, 0.2) is 0 Å². The normalized spacial score (nSPS) is 10.5. The van der Waals surface area contributed by atoms with Gasteiger partial charge < -0.3 is 19.4 Å². The monoisotopic (exact) mass is 344 g/mol. The van der Waals surface area contributed by atoms with Crippen LogP contribution in [0.2, 0.25) is 0 Å². The van der Waals surface area contributed by atoms with E-state index in [1.807, 2.05) is 26.2 Å². The molecular weight excluding hydrogens is 328 g/mol. The highest BCUT2D eigenvalue weighted by Crippen LogP contribution is 2.24. The van der Waals surface area contributed by atoms with Gasteiger partial charge in [0.2, 0.25) is 5.89 Å². The van der Waals surface area contributed by atoms with Gasteiger partial charge in [0.05, 0.1) is 12.0 Å². The number of carbonyl (C=O) groups is 1. The molecule has 3 rings (SSSR count). The van der Waals surface area contributed by atoms with E-state index in [1.54, 1.807) is 35.6 Å². The van der Waals surface area contributed by atoms with Gasteiger partial charge in [-0.3, -0.25) is 4.79 Å². The SMILES string of the molecule is COc1csc(C(=O)Nc2ccc(-c3nnc(N(C)C)o3)cc2)c1. The van der Waals surface area contributed by atoms with Crippen LogP contribution in [0.4, 0.5) is 11.7 Å². The quantitative estimate of drug-likeness (QED) is 0.766. The second-order valence-corrected chi connectivity index (χ2v) is 6.08. The maximum atomic E-state index is 12.2. The maximum Gasteiger partial charge on any atom is 0.317 e. The number of thiophene rings is 1. The largest absolute Gasteiger partial charge is 0.496 e. The molecule has 2 aromatic heterocycles. The van der Waals surface area contributed by atoms with Crippen LogP contribution in [-0.4, -0.2) is 37.3 Å². The molecule has 2 heterocycles. The standard InChI is InChI=1S/C16H16N4O3S/c1-20(2)16-19-18-15(23-16)10-4-6-11(7-5-10)17-14(21)13-8-12(22-3)9-24-13/h4-9H,1-3H3,(H,17,21). The molecule has 0 saturated heterocycles. The molecule has 0 aliphatic carbocycles. The van der Waals surface area contributed by atoms with E-state index in [9.17, 15) is 4.79 Å². The first-order valence-electron chi connectivity index (χ1n) is 7.12. The fourth-order valence-corrected chi connectivity index (χ4v) is 2.70. The molecule has 3 aromatic rings. The molecule has 0 bridgehead atoms. The molecule has 24 heavy (non-hydrogen) atoms. The zero-order chi connectivity index (χ0) is 17.1. The van der Waals surface area contributed by atoms with E-state index in [0.717, 1.165) is 5.56 Å². The number of hydrogen-bond donors (Lipinski definition) is 1. The lowest BCUT2D eigenvalue weighted by molar-refractivity contribution is 0.103. The minimum absolute atomic E-state index is 0.177. The minimum atomic E-state index is -0.177. The number of benzene rings is 1. The summed E-state index contributed by atoms with van der Waals surface area (Å²) in [6.45, 7) is 0. The molecule has 1 aromatic carbocycles. The van der Waals surface area contributed by atoms with Crippen LogP contribution < -0.4 is 15.0 Å². The molecule has 7 nitrogen and oxygen atoms in total. The van der Waals surface area contributed by atoms with Crippen LogP contribution in [0.15, 0.2) is 40.1 Å². The molecule has 8 heteroatoms. The molecule has 1 N–H and O–H groups in total. The second-order valence-electron chi connectivity index (χ2n) is 5.17. The summed E-state index contributed by atoms with van der Waals surface area (Å²) >= 11 is 1.33. The van der Waals surface area contributed by atoms with E-state index in [2.05, 4.69) is 15.5 Å². The van der Waals surface area contributed by atoms with E-state index < -0.39 is 0 Å². The van der Waals surface area contributed by atoms with Crippen molar-refractivity contribution in [2.24, 2.45) is 0 Å². The van der Waals surface area contributed by atoms with Gasteiger partial charge >= 0.3 is 6.01 Å². The van der Waals surface area contributed by atoms with Gasteiger partial charge in [-0.05, 0) is 24.3 Å². The molecule has 0 atom stereocenters. The molecule has 0 radical (unpaired) electrons. The van der Waals surface area contributed by atoms with Gasteiger partial charge in [0, 0.05) is 36.8 Å². The summed E-state index contributed by atoms with van der Waals surface area (Å²) in [5.41, 5.74) is 1.47. The number of hydrogen-bond acceptors (Lipinski definition) is 7. The highest BCUT2D eigenvalue weighted by molar-refractivity contribution is 7.12. The summed E-state index contributed by atoms with van der Waals surface area (Å²) in [5.74, 6) is 0.928. The van der Waals surface area contributed by atoms with Crippen molar-refractivity contribution in [3.8, 4) is 17.2 Å². The Morgan fingerprint density at radius 3 is 2.58 bits per heavy atom. The Bertz CT molecular complexity index is 839. The Hall–Kier alpha value is -2.87. The van der Waals surface area contributed by atoms with Crippen LogP contribution in [0.3, 0.4) is 0 Å². The summed E-state index contributed by atoms with van der Waals surface area (Å²) in [6, 6.07) is 9.36. The number of ether oxygens (including phenoxy) is 1. The smallest absolute Gasteiger partial charge is 0.317 e. The first kappa shape index (κ1) is 16.0. The average Bonchev–Trinajstić information content (AvgIpc) is 3.25. The Labute approximate surface area is 142 Å². The number of nitrogens with one attached hydrogen (secondary N) is 1. The van der Waals surface area contributed by atoms with Gasteiger partial charge in [0.25, 0.3) is 5.91 Å². The topological polar surface area (TPSA) is 80.5 Å². The molecule has 0 spiro atoms. The van der Waals surface area contributed by atoms with E-state index in [4.69, 9.17) is 9.15 Å². The summed E-state index contributed by atoms with van der Waals surface area (Å²) in [7, 11) is 5.23. The summed E-state index contributed by atoms with van der Waals surface area (Å²) in [6.07, 6.45) is 0. The van der Waals surface area contributed by atoms with Crippen LogP contribution in [0.25, 0.3) is 11.5 Å². The molecule has 0 saturated carbocycles. The van der Waals surface area contributed by atoms with Crippen molar-refractivity contribution < 1.29 is 13.9 Å². The summed E-state index contributed by atoms with van der Waals surface area (Å²) < 4.78 is 10.6. The predicted octanol–water partition coefficient (Wildman–Crippen LogP) is 3.13. The lowest BCUT2D eigenvalue weighted by Gasteiger charge is -2.04. The van der Waals surface area contributed by atoms with E-state index in [0.29, 0.717) is 28.2 Å². The van der Waals surface area contributed by atoms with Crippen molar-refractivity contribution in [2.75, 3.05) is 31.4 Å². The summed E-state index contributed by atoms with van der Waals surface area (Å²) in [4.78, 5) is 14.5. The highest BCUT2D eigenvalue weighted by atomic mass is 32.1. The average molecular weight is 344 g/mol. The van der Waals surface area contributed by atoms with Gasteiger partial charge in [-0.2, -0.15) is 0 Å². The van der Waals surface area contributed by atoms with Crippen molar-refractivity contribution in [1.29, 1.82) is 0 Å². The van der Waals surface area contributed by atoms with Crippen molar-refractivity contribution in [3.63, 3.8) is 0 Å². The number of carbonyl (C=O) groups excluding carboxylic acids is 1. The van der Waals surface area contributed by atoms with Crippen LogP contribution >= 0.6 is 11.3 Å².